The van der Waals surface area contributed by atoms with E-state index in [2.05, 4.69) is 34.6 Å². The molecule has 0 atom stereocenters. The summed E-state index contributed by atoms with van der Waals surface area (Å²) in [6, 6.07) is 5.59. The molecule has 2 nitrogen and oxygen atoms in total. The van der Waals surface area contributed by atoms with Crippen LogP contribution in [0.4, 0.5) is 5.69 Å². The first-order chi connectivity index (χ1) is 7.65. The van der Waals surface area contributed by atoms with Crippen molar-refractivity contribution in [1.82, 2.24) is 0 Å². The van der Waals surface area contributed by atoms with Gasteiger partial charge in [-0.25, -0.2) is 0 Å². The second-order valence-corrected chi connectivity index (χ2v) is 5.83. The van der Waals surface area contributed by atoms with Crippen molar-refractivity contribution in [2.24, 2.45) is 5.41 Å². The van der Waals surface area contributed by atoms with E-state index in [0.717, 1.165) is 12.0 Å². The fourth-order valence-electron chi connectivity index (χ4n) is 1.13. The quantitative estimate of drug-likeness (QED) is 0.620. The Morgan fingerprint density at radius 2 is 1.71 bits per heavy atom. The summed E-state index contributed by atoms with van der Waals surface area (Å²) < 4.78 is 0. The maximum Gasteiger partial charge on any atom is 0.161 e. The summed E-state index contributed by atoms with van der Waals surface area (Å²) in [5.74, 6) is 0.0304. The van der Waals surface area contributed by atoms with Gasteiger partial charge in [-0.3, -0.25) is 4.79 Å². The van der Waals surface area contributed by atoms with Crippen molar-refractivity contribution in [3.05, 3.63) is 29.3 Å². The summed E-state index contributed by atoms with van der Waals surface area (Å²) in [5, 5.41) is 0. The summed E-state index contributed by atoms with van der Waals surface area (Å²) in [6.07, 6.45) is 0.931. The number of hydrogen-bond donors (Lipinski definition) is 1. The number of benzene rings is 1. The smallest absolute Gasteiger partial charge is 0.161 e. The number of rotatable bonds is 2. The van der Waals surface area contributed by atoms with E-state index in [1.54, 1.807) is 6.07 Å². The highest BCUT2D eigenvalue weighted by Crippen LogP contribution is 2.14. The fourth-order valence-corrected chi connectivity index (χ4v) is 1.13. The molecule has 0 fully saturated rings. The predicted molar refractivity (Wildman–Crippen MR) is 75.4 cm³/mol. The number of Topliss-reactive ketones (excluding diaryl/α,β-unsaturated/α-hetero) is 1. The Bertz CT molecular complexity index is 369. The molecule has 0 radical (unpaired) electrons. The van der Waals surface area contributed by atoms with E-state index in [1.165, 1.54) is 6.92 Å². The fraction of sp³-hybridized carbons (Fsp3) is 0.533. The lowest BCUT2D eigenvalue weighted by molar-refractivity contribution is 0.101. The van der Waals surface area contributed by atoms with Crippen LogP contribution in [0.3, 0.4) is 0 Å². The molecule has 0 aliphatic carbocycles. The minimum absolute atomic E-state index is 0.0304. The van der Waals surface area contributed by atoms with Gasteiger partial charge in [0.2, 0.25) is 0 Å². The minimum atomic E-state index is 0.0304. The van der Waals surface area contributed by atoms with Crippen LogP contribution in [0, 0.1) is 5.41 Å². The molecule has 2 N–H and O–H groups in total. The number of carbonyl (C=O) groups is 1. The van der Waals surface area contributed by atoms with Crippen LogP contribution in [-0.2, 0) is 6.42 Å². The Labute approximate surface area is 105 Å². The maximum absolute atomic E-state index is 11.1. The summed E-state index contributed by atoms with van der Waals surface area (Å²) in [4.78, 5) is 11.1. The van der Waals surface area contributed by atoms with Crippen LogP contribution in [0.25, 0.3) is 0 Å². The van der Waals surface area contributed by atoms with Crippen molar-refractivity contribution < 1.29 is 4.79 Å². The Morgan fingerprint density at radius 3 is 2.06 bits per heavy atom. The second kappa shape index (κ2) is 6.43. The molecule has 1 aromatic carbocycles. The molecule has 0 bridgehead atoms. The number of carbonyl (C=O) groups excluding carboxylic acids is 1. The van der Waals surface area contributed by atoms with Crippen LogP contribution in [0.5, 0.6) is 0 Å². The number of nitrogen functional groups attached to an aromatic ring is 1. The van der Waals surface area contributed by atoms with Gasteiger partial charge in [0.1, 0.15) is 0 Å². The number of ketones is 1. The van der Waals surface area contributed by atoms with Crippen LogP contribution in [0.2, 0.25) is 0 Å². The molecule has 0 amide bonds. The molecule has 17 heavy (non-hydrogen) atoms. The average Bonchev–Trinajstić information content (AvgIpc) is 2.15. The molecule has 0 aliphatic heterocycles. The maximum atomic E-state index is 11.1. The SMILES string of the molecule is CC(C)(C)C.CCc1ccc(N)c(C(C)=O)c1. The molecular weight excluding hydrogens is 210 g/mol. The van der Waals surface area contributed by atoms with Crippen LogP contribution < -0.4 is 5.73 Å². The van der Waals surface area contributed by atoms with Crippen LogP contribution in [0.15, 0.2) is 18.2 Å². The predicted octanol–water partition coefficient (Wildman–Crippen LogP) is 4.09. The van der Waals surface area contributed by atoms with E-state index in [-0.39, 0.29) is 5.78 Å². The van der Waals surface area contributed by atoms with Crippen molar-refractivity contribution in [1.29, 1.82) is 0 Å². The Balaban J connectivity index is 0.000000437. The summed E-state index contributed by atoms with van der Waals surface area (Å²) in [5.41, 5.74) is 8.47. The standard InChI is InChI=1S/C10H13NO.C5H12/c1-3-8-4-5-10(11)9(6-8)7(2)12;1-5(2,3)4/h4-6H,3,11H2,1-2H3;1-4H3. The van der Waals surface area contributed by atoms with Crippen molar-refractivity contribution in [2.75, 3.05) is 5.73 Å². The average molecular weight is 235 g/mol. The van der Waals surface area contributed by atoms with Crippen molar-refractivity contribution >= 4 is 11.5 Å². The third-order valence-electron chi connectivity index (χ3n) is 1.91. The zero-order valence-corrected chi connectivity index (χ0v) is 11.9. The molecule has 0 saturated heterocycles. The number of aryl methyl sites for hydroxylation is 1. The molecule has 0 unspecified atom stereocenters. The van der Waals surface area contributed by atoms with Gasteiger partial charge < -0.3 is 5.73 Å². The lowest BCUT2D eigenvalue weighted by Gasteiger charge is -2.05. The lowest BCUT2D eigenvalue weighted by Crippen LogP contribution is -2.00. The van der Waals surface area contributed by atoms with E-state index < -0.39 is 0 Å². The van der Waals surface area contributed by atoms with Crippen LogP contribution in [0.1, 0.15) is 57.5 Å². The highest BCUT2D eigenvalue weighted by Gasteiger charge is 2.04. The molecule has 0 saturated carbocycles. The first kappa shape index (κ1) is 15.7. The Morgan fingerprint density at radius 1 is 1.24 bits per heavy atom. The van der Waals surface area contributed by atoms with Gasteiger partial charge in [-0.15, -0.1) is 0 Å². The molecular formula is C15H25NO. The first-order valence-electron chi connectivity index (χ1n) is 6.04. The molecule has 0 aliphatic rings. The van der Waals surface area contributed by atoms with E-state index in [1.807, 2.05) is 12.1 Å². The lowest BCUT2D eigenvalue weighted by atomic mass is 10.0. The highest BCUT2D eigenvalue weighted by atomic mass is 16.1. The van der Waals surface area contributed by atoms with Crippen molar-refractivity contribution in [3.8, 4) is 0 Å². The molecule has 0 heterocycles. The van der Waals surface area contributed by atoms with E-state index in [4.69, 9.17) is 5.73 Å². The van der Waals surface area contributed by atoms with E-state index >= 15 is 0 Å². The minimum Gasteiger partial charge on any atom is -0.398 e. The molecule has 1 rings (SSSR count). The van der Waals surface area contributed by atoms with Gasteiger partial charge in [-0.2, -0.15) is 0 Å². The van der Waals surface area contributed by atoms with E-state index in [9.17, 15) is 4.79 Å². The largest absolute Gasteiger partial charge is 0.398 e. The van der Waals surface area contributed by atoms with Gasteiger partial charge in [0.15, 0.2) is 5.78 Å². The molecule has 96 valence electrons. The van der Waals surface area contributed by atoms with Crippen LogP contribution in [-0.4, -0.2) is 5.78 Å². The monoisotopic (exact) mass is 235 g/mol. The summed E-state index contributed by atoms with van der Waals surface area (Å²) in [6.45, 7) is 12.3. The molecule has 0 spiro atoms. The highest BCUT2D eigenvalue weighted by molar-refractivity contribution is 5.99. The van der Waals surface area contributed by atoms with Gasteiger partial charge in [-0.05, 0) is 36.5 Å². The van der Waals surface area contributed by atoms with E-state index in [0.29, 0.717) is 16.7 Å². The van der Waals surface area contributed by atoms with Gasteiger partial charge in [0.25, 0.3) is 0 Å². The molecule has 2 heteroatoms. The summed E-state index contributed by atoms with van der Waals surface area (Å²) in [7, 11) is 0. The summed E-state index contributed by atoms with van der Waals surface area (Å²) >= 11 is 0. The normalized spacial score (nSPS) is 10.5. The first-order valence-corrected chi connectivity index (χ1v) is 6.04. The third-order valence-corrected chi connectivity index (χ3v) is 1.91. The van der Waals surface area contributed by atoms with Crippen LogP contribution >= 0.6 is 0 Å². The number of anilines is 1. The number of nitrogens with two attached hydrogens (primary N) is 1. The van der Waals surface area contributed by atoms with Crippen molar-refractivity contribution in [3.63, 3.8) is 0 Å². The van der Waals surface area contributed by atoms with Gasteiger partial charge >= 0.3 is 0 Å². The number of hydrogen-bond acceptors (Lipinski definition) is 2. The van der Waals surface area contributed by atoms with Gasteiger partial charge in [0.05, 0.1) is 0 Å². The second-order valence-electron chi connectivity index (χ2n) is 5.83. The van der Waals surface area contributed by atoms with Gasteiger partial charge in [-0.1, -0.05) is 40.7 Å². The van der Waals surface area contributed by atoms with Crippen molar-refractivity contribution in [2.45, 2.75) is 48.0 Å². The third kappa shape index (κ3) is 7.56. The van der Waals surface area contributed by atoms with Gasteiger partial charge in [0, 0.05) is 11.3 Å². The zero-order chi connectivity index (χ0) is 13.6. The zero-order valence-electron chi connectivity index (χ0n) is 11.9. The Hall–Kier alpha value is -1.31. The topological polar surface area (TPSA) is 43.1 Å². The molecule has 1 aromatic rings. The Kier molecular flexibility index (Phi) is 5.94. The molecule has 0 aromatic heterocycles.